The van der Waals surface area contributed by atoms with Gasteiger partial charge in [-0.2, -0.15) is 5.26 Å². The number of anilines is 1. The quantitative estimate of drug-likeness (QED) is 0.828. The van der Waals surface area contributed by atoms with Gasteiger partial charge in [-0.05, 0) is 30.3 Å². The molecule has 0 heterocycles. The van der Waals surface area contributed by atoms with Crippen LogP contribution in [0.5, 0.6) is 11.5 Å². The van der Waals surface area contributed by atoms with Crippen molar-refractivity contribution in [2.24, 2.45) is 0 Å². The minimum atomic E-state index is -4.05. The summed E-state index contributed by atoms with van der Waals surface area (Å²) < 4.78 is 50.2. The molecule has 0 bridgehead atoms. The number of hydrogen-bond acceptors (Lipinski definition) is 5. The molecule has 0 aliphatic heterocycles. The van der Waals surface area contributed by atoms with Crippen LogP contribution in [0.4, 0.5) is 10.1 Å². The largest absolute Gasteiger partial charge is 0.493 e. The molecule has 0 atom stereocenters. The number of rotatable bonds is 5. The highest BCUT2D eigenvalue weighted by atomic mass is 32.2. The lowest BCUT2D eigenvalue weighted by Crippen LogP contribution is -2.26. The van der Waals surface area contributed by atoms with Crippen molar-refractivity contribution in [1.82, 2.24) is 0 Å². The first-order chi connectivity index (χ1) is 11.3. The van der Waals surface area contributed by atoms with E-state index in [0.717, 1.165) is 22.5 Å². The highest BCUT2D eigenvalue weighted by Crippen LogP contribution is 2.33. The van der Waals surface area contributed by atoms with E-state index in [9.17, 15) is 12.8 Å². The third-order valence-electron chi connectivity index (χ3n) is 3.39. The predicted octanol–water partition coefficient (Wildman–Crippen LogP) is 2.54. The number of nitriles is 1. The van der Waals surface area contributed by atoms with Crippen LogP contribution in [0.3, 0.4) is 0 Å². The molecule has 0 saturated carbocycles. The van der Waals surface area contributed by atoms with Crippen LogP contribution >= 0.6 is 0 Å². The Bertz CT molecular complexity index is 907. The maximum atomic E-state index is 13.6. The van der Waals surface area contributed by atoms with Gasteiger partial charge in [0.2, 0.25) is 0 Å². The first-order valence-corrected chi connectivity index (χ1v) is 8.19. The number of ether oxygens (including phenoxy) is 2. The first-order valence-electron chi connectivity index (χ1n) is 6.75. The molecule has 2 rings (SSSR count). The van der Waals surface area contributed by atoms with Gasteiger partial charge >= 0.3 is 0 Å². The van der Waals surface area contributed by atoms with Crippen molar-refractivity contribution < 1.29 is 22.3 Å². The van der Waals surface area contributed by atoms with Crippen LogP contribution in [0, 0.1) is 17.1 Å². The highest BCUT2D eigenvalue weighted by Gasteiger charge is 2.23. The van der Waals surface area contributed by atoms with Gasteiger partial charge in [0, 0.05) is 13.1 Å². The molecule has 0 aromatic heterocycles. The number of sulfonamides is 1. The fourth-order valence-electron chi connectivity index (χ4n) is 2.09. The summed E-state index contributed by atoms with van der Waals surface area (Å²) in [5.74, 6) is 0.00640. The maximum Gasteiger partial charge on any atom is 0.264 e. The number of benzene rings is 2. The van der Waals surface area contributed by atoms with E-state index in [0.29, 0.717) is 17.2 Å². The number of halogens is 1. The van der Waals surface area contributed by atoms with Crippen LogP contribution in [0.15, 0.2) is 41.3 Å². The van der Waals surface area contributed by atoms with Crippen molar-refractivity contribution in [2.75, 3.05) is 25.6 Å². The lowest BCUT2D eigenvalue weighted by atomic mass is 10.2. The van der Waals surface area contributed by atoms with Gasteiger partial charge in [0.25, 0.3) is 10.0 Å². The van der Waals surface area contributed by atoms with Crippen molar-refractivity contribution in [1.29, 1.82) is 5.26 Å². The van der Waals surface area contributed by atoms with E-state index >= 15 is 0 Å². The molecular weight excluding hydrogens is 335 g/mol. The van der Waals surface area contributed by atoms with Crippen molar-refractivity contribution in [3.8, 4) is 17.6 Å². The summed E-state index contributed by atoms with van der Waals surface area (Å²) in [6.07, 6.45) is 0. The van der Waals surface area contributed by atoms with E-state index in [1.165, 1.54) is 33.4 Å². The Morgan fingerprint density at radius 3 is 2.33 bits per heavy atom. The number of methoxy groups -OCH3 is 2. The summed E-state index contributed by atoms with van der Waals surface area (Å²) in [6, 6.07) is 9.27. The lowest BCUT2D eigenvalue weighted by molar-refractivity contribution is 0.355. The van der Waals surface area contributed by atoms with Crippen LogP contribution < -0.4 is 13.8 Å². The molecule has 0 aliphatic carbocycles. The number of hydrogen-bond donors (Lipinski definition) is 0. The van der Waals surface area contributed by atoms with Crippen LogP contribution in [0.25, 0.3) is 0 Å². The predicted molar refractivity (Wildman–Crippen MR) is 86.2 cm³/mol. The zero-order chi connectivity index (χ0) is 17.9. The molecule has 0 fully saturated rings. The van der Waals surface area contributed by atoms with E-state index < -0.39 is 15.8 Å². The van der Waals surface area contributed by atoms with Gasteiger partial charge in [-0.3, -0.25) is 4.31 Å². The molecule has 8 heteroatoms. The molecule has 0 saturated heterocycles. The molecule has 2 aromatic carbocycles. The van der Waals surface area contributed by atoms with Crippen molar-refractivity contribution in [2.45, 2.75) is 4.90 Å². The first kappa shape index (κ1) is 17.6. The van der Waals surface area contributed by atoms with Gasteiger partial charge < -0.3 is 9.47 Å². The van der Waals surface area contributed by atoms with Gasteiger partial charge in [-0.15, -0.1) is 0 Å². The smallest absolute Gasteiger partial charge is 0.264 e. The average Bonchev–Trinajstić information content (AvgIpc) is 2.59. The van der Waals surface area contributed by atoms with Gasteiger partial charge in [-0.1, -0.05) is 0 Å². The van der Waals surface area contributed by atoms with Gasteiger partial charge in [0.1, 0.15) is 5.82 Å². The van der Waals surface area contributed by atoms with Crippen molar-refractivity contribution in [3.05, 3.63) is 47.8 Å². The molecule has 0 radical (unpaired) electrons. The highest BCUT2D eigenvalue weighted by molar-refractivity contribution is 7.92. The standard InChI is InChI=1S/C16H15FN2O4S/c1-19(13-4-5-15(22-2)16(9-13)23-3)24(20,21)14-7-11(10-18)6-12(17)8-14/h4-9H,1-3H3. The molecule has 0 aliphatic rings. The van der Waals surface area contributed by atoms with Crippen LogP contribution in [-0.4, -0.2) is 29.7 Å². The second-order valence-electron chi connectivity index (χ2n) is 4.80. The van der Waals surface area contributed by atoms with Gasteiger partial charge in [-0.25, -0.2) is 12.8 Å². The SMILES string of the molecule is COc1ccc(N(C)S(=O)(=O)c2cc(F)cc(C#N)c2)cc1OC. The van der Waals surface area contributed by atoms with E-state index in [-0.39, 0.29) is 10.5 Å². The minimum Gasteiger partial charge on any atom is -0.493 e. The van der Waals surface area contributed by atoms with Crippen molar-refractivity contribution >= 4 is 15.7 Å². The molecule has 0 N–H and O–H groups in total. The molecule has 24 heavy (non-hydrogen) atoms. The summed E-state index contributed by atoms with van der Waals surface area (Å²) in [6.45, 7) is 0. The summed E-state index contributed by atoms with van der Waals surface area (Å²) in [5, 5.41) is 8.88. The molecule has 126 valence electrons. The van der Waals surface area contributed by atoms with Crippen LogP contribution in [0.1, 0.15) is 5.56 Å². The summed E-state index contributed by atoms with van der Waals surface area (Å²) in [5.41, 5.74) is 0.227. The summed E-state index contributed by atoms with van der Waals surface area (Å²) in [7, 11) is 0.180. The normalized spacial score (nSPS) is 10.8. The van der Waals surface area contributed by atoms with E-state index in [1.807, 2.05) is 0 Å². The third kappa shape index (κ3) is 3.26. The second-order valence-corrected chi connectivity index (χ2v) is 6.77. The minimum absolute atomic E-state index is 0.0747. The Morgan fingerprint density at radius 2 is 1.75 bits per heavy atom. The Morgan fingerprint density at radius 1 is 1.08 bits per heavy atom. The monoisotopic (exact) mass is 350 g/mol. The van der Waals surface area contributed by atoms with Crippen LogP contribution in [0.2, 0.25) is 0 Å². The molecule has 0 unspecified atom stereocenters. The van der Waals surface area contributed by atoms with E-state index in [1.54, 1.807) is 12.1 Å². The van der Waals surface area contributed by atoms with Crippen LogP contribution in [-0.2, 0) is 10.0 Å². The zero-order valence-electron chi connectivity index (χ0n) is 13.3. The summed E-state index contributed by atoms with van der Waals surface area (Å²) >= 11 is 0. The Labute approximate surface area is 139 Å². The third-order valence-corrected chi connectivity index (χ3v) is 5.15. The van der Waals surface area contributed by atoms with Crippen molar-refractivity contribution in [3.63, 3.8) is 0 Å². The maximum absolute atomic E-state index is 13.6. The number of nitrogens with zero attached hydrogens (tertiary/aromatic N) is 2. The Kier molecular flexibility index (Phi) is 4.95. The molecular formula is C16H15FN2O4S. The Hall–Kier alpha value is -2.79. The fraction of sp³-hybridized carbons (Fsp3) is 0.188. The average molecular weight is 350 g/mol. The summed E-state index contributed by atoms with van der Waals surface area (Å²) in [4.78, 5) is -0.309. The molecule has 2 aromatic rings. The molecule has 6 nitrogen and oxygen atoms in total. The van der Waals surface area contributed by atoms with Gasteiger partial charge in [0.05, 0.1) is 36.4 Å². The zero-order valence-corrected chi connectivity index (χ0v) is 14.1. The lowest BCUT2D eigenvalue weighted by Gasteiger charge is -2.21. The fourth-order valence-corrected chi connectivity index (χ4v) is 3.34. The Balaban J connectivity index is 2.50. The second kappa shape index (κ2) is 6.76. The topological polar surface area (TPSA) is 79.6 Å². The molecule has 0 spiro atoms. The van der Waals surface area contributed by atoms with Gasteiger partial charge in [0.15, 0.2) is 11.5 Å². The molecule has 0 amide bonds. The van der Waals surface area contributed by atoms with E-state index in [2.05, 4.69) is 0 Å². The van der Waals surface area contributed by atoms with E-state index in [4.69, 9.17) is 14.7 Å².